The molecule has 0 fully saturated rings. The standard InChI is InChI=1S/C5H14O2Si.Na.H/c1-4-6-8(3)7-5-2;;/h8H,4-5H2,1-3H3;;. The fraction of sp³-hybridized carbons (Fsp3) is 1.00. The van der Waals surface area contributed by atoms with Gasteiger partial charge in [-0.25, -0.2) is 0 Å². The van der Waals surface area contributed by atoms with Crippen molar-refractivity contribution in [2.24, 2.45) is 0 Å². The van der Waals surface area contributed by atoms with Crippen LogP contribution >= 0.6 is 0 Å². The van der Waals surface area contributed by atoms with Gasteiger partial charge in [-0.3, -0.25) is 0 Å². The van der Waals surface area contributed by atoms with Crippen LogP contribution in [0.5, 0.6) is 0 Å². The summed E-state index contributed by atoms with van der Waals surface area (Å²) in [6, 6.07) is 0. The van der Waals surface area contributed by atoms with Gasteiger partial charge < -0.3 is 8.85 Å². The Balaban J connectivity index is 0. The monoisotopic (exact) mass is 158 g/mol. The van der Waals surface area contributed by atoms with Crippen molar-refractivity contribution in [2.75, 3.05) is 13.2 Å². The van der Waals surface area contributed by atoms with Gasteiger partial charge in [0.2, 0.25) is 0 Å². The van der Waals surface area contributed by atoms with Gasteiger partial charge in [-0.1, -0.05) is 0 Å². The third-order valence-corrected chi connectivity index (χ3v) is 2.41. The molecule has 2 nitrogen and oxygen atoms in total. The summed E-state index contributed by atoms with van der Waals surface area (Å²) < 4.78 is 10.4. The molecule has 0 N–H and O–H groups in total. The van der Waals surface area contributed by atoms with Crippen LogP contribution in [0.25, 0.3) is 0 Å². The van der Waals surface area contributed by atoms with Crippen molar-refractivity contribution in [3.05, 3.63) is 0 Å². The summed E-state index contributed by atoms with van der Waals surface area (Å²) in [7, 11) is -1.20. The first-order valence-electron chi connectivity index (χ1n) is 3.04. The molecular formula is C5H15NaO2Si. The third-order valence-electron chi connectivity index (χ3n) is 0.803. The van der Waals surface area contributed by atoms with E-state index in [1.807, 2.05) is 20.4 Å². The molecule has 4 heteroatoms. The Kier molecular flexibility index (Phi) is 13.0. The van der Waals surface area contributed by atoms with Crippen LogP contribution in [0.15, 0.2) is 0 Å². The fourth-order valence-corrected chi connectivity index (χ4v) is 1.55. The van der Waals surface area contributed by atoms with Crippen LogP contribution in [0.3, 0.4) is 0 Å². The average molecular weight is 158 g/mol. The zero-order valence-electron chi connectivity index (χ0n) is 5.81. The molecule has 0 atom stereocenters. The Morgan fingerprint density at radius 1 is 1.11 bits per heavy atom. The Labute approximate surface area is 81.1 Å². The van der Waals surface area contributed by atoms with Crippen molar-refractivity contribution in [1.29, 1.82) is 0 Å². The van der Waals surface area contributed by atoms with E-state index in [4.69, 9.17) is 8.85 Å². The molecule has 52 valence electrons. The van der Waals surface area contributed by atoms with E-state index < -0.39 is 9.28 Å². The molecule has 0 aromatic rings. The third kappa shape index (κ3) is 9.14. The van der Waals surface area contributed by atoms with E-state index in [9.17, 15) is 0 Å². The minimum atomic E-state index is -1.20. The van der Waals surface area contributed by atoms with Crippen LogP contribution in [0, 0.1) is 0 Å². The molecule has 0 aliphatic rings. The molecule has 0 heterocycles. The molecule has 0 unspecified atom stereocenters. The van der Waals surface area contributed by atoms with Crippen LogP contribution in [0.4, 0.5) is 0 Å². The number of hydrogen-bond acceptors (Lipinski definition) is 2. The zero-order chi connectivity index (χ0) is 6.41. The van der Waals surface area contributed by atoms with Gasteiger partial charge in [-0.2, -0.15) is 0 Å². The maximum absolute atomic E-state index is 5.20. The molecule has 0 spiro atoms. The van der Waals surface area contributed by atoms with Gasteiger partial charge in [-0.05, 0) is 20.4 Å². The summed E-state index contributed by atoms with van der Waals surface area (Å²) in [4.78, 5) is 0. The van der Waals surface area contributed by atoms with Gasteiger partial charge in [0, 0.05) is 13.2 Å². The van der Waals surface area contributed by atoms with Crippen molar-refractivity contribution in [3.63, 3.8) is 0 Å². The van der Waals surface area contributed by atoms with Gasteiger partial charge in [0.15, 0.2) is 0 Å². The number of rotatable bonds is 4. The predicted molar refractivity (Wildman–Crippen MR) is 43.4 cm³/mol. The van der Waals surface area contributed by atoms with Crippen molar-refractivity contribution in [3.8, 4) is 0 Å². The topological polar surface area (TPSA) is 18.5 Å². The van der Waals surface area contributed by atoms with E-state index >= 15 is 0 Å². The Hall–Kier alpha value is 1.14. The summed E-state index contributed by atoms with van der Waals surface area (Å²) in [6.07, 6.45) is 0. The van der Waals surface area contributed by atoms with Crippen molar-refractivity contribution >= 4 is 38.8 Å². The first-order chi connectivity index (χ1) is 3.81. The molecule has 0 rings (SSSR count). The van der Waals surface area contributed by atoms with E-state index in [0.717, 1.165) is 13.2 Å². The van der Waals surface area contributed by atoms with Crippen molar-refractivity contribution in [1.82, 2.24) is 0 Å². The second-order valence-corrected chi connectivity index (χ2v) is 3.28. The van der Waals surface area contributed by atoms with Crippen LogP contribution in [-0.4, -0.2) is 52.1 Å². The van der Waals surface area contributed by atoms with E-state index in [1.165, 1.54) is 0 Å². The van der Waals surface area contributed by atoms with Crippen molar-refractivity contribution < 1.29 is 8.85 Å². The van der Waals surface area contributed by atoms with E-state index in [0.29, 0.717) is 0 Å². The molecule has 0 aliphatic carbocycles. The normalized spacial score (nSPS) is 9.33. The van der Waals surface area contributed by atoms with E-state index in [-0.39, 0.29) is 29.6 Å². The van der Waals surface area contributed by atoms with Crippen LogP contribution in [0.1, 0.15) is 13.8 Å². The Morgan fingerprint density at radius 3 is 1.67 bits per heavy atom. The molecule has 0 radical (unpaired) electrons. The first kappa shape index (κ1) is 12.8. The predicted octanol–water partition coefficient (Wildman–Crippen LogP) is 0.261. The van der Waals surface area contributed by atoms with Crippen LogP contribution < -0.4 is 0 Å². The molecule has 0 aromatic heterocycles. The first-order valence-corrected chi connectivity index (χ1v) is 5.14. The molecular weight excluding hydrogens is 143 g/mol. The van der Waals surface area contributed by atoms with Crippen LogP contribution in [-0.2, 0) is 8.85 Å². The molecule has 0 bridgehead atoms. The second-order valence-electron chi connectivity index (χ2n) is 1.48. The molecule has 0 aromatic carbocycles. The van der Waals surface area contributed by atoms with Crippen molar-refractivity contribution in [2.45, 2.75) is 20.4 Å². The van der Waals surface area contributed by atoms with Gasteiger partial charge in [0.05, 0.1) is 0 Å². The zero-order valence-corrected chi connectivity index (χ0v) is 6.96. The Bertz CT molecular complexity index is 48.2. The van der Waals surface area contributed by atoms with E-state index in [1.54, 1.807) is 0 Å². The molecule has 0 saturated carbocycles. The van der Waals surface area contributed by atoms with Gasteiger partial charge in [0.25, 0.3) is 0 Å². The average Bonchev–Trinajstić information content (AvgIpc) is 1.68. The molecule has 0 aliphatic heterocycles. The second kappa shape index (κ2) is 9.14. The number of hydrogen-bond donors (Lipinski definition) is 0. The summed E-state index contributed by atoms with van der Waals surface area (Å²) in [5.74, 6) is 0. The minimum absolute atomic E-state index is 0. The summed E-state index contributed by atoms with van der Waals surface area (Å²) >= 11 is 0. The Morgan fingerprint density at radius 2 is 1.44 bits per heavy atom. The summed E-state index contributed by atoms with van der Waals surface area (Å²) in [5.41, 5.74) is 0. The molecule has 0 saturated heterocycles. The quantitative estimate of drug-likeness (QED) is 0.546. The van der Waals surface area contributed by atoms with E-state index in [2.05, 4.69) is 0 Å². The molecule has 9 heavy (non-hydrogen) atoms. The van der Waals surface area contributed by atoms with Gasteiger partial charge in [0.1, 0.15) is 0 Å². The SMILES string of the molecule is CCO[SiH](C)OCC.[NaH]. The summed E-state index contributed by atoms with van der Waals surface area (Å²) in [6.45, 7) is 7.58. The van der Waals surface area contributed by atoms with Gasteiger partial charge in [-0.15, -0.1) is 0 Å². The van der Waals surface area contributed by atoms with Crippen LogP contribution in [0.2, 0.25) is 6.55 Å². The van der Waals surface area contributed by atoms with Gasteiger partial charge >= 0.3 is 38.8 Å². The molecule has 0 amide bonds. The summed E-state index contributed by atoms with van der Waals surface area (Å²) in [5, 5.41) is 0. The fourth-order valence-electron chi connectivity index (χ4n) is 0.518. The maximum atomic E-state index is 5.20.